The quantitative estimate of drug-likeness (QED) is 0.466. The van der Waals surface area contributed by atoms with Gasteiger partial charge in [0.15, 0.2) is 0 Å². The van der Waals surface area contributed by atoms with E-state index in [9.17, 15) is 13.5 Å². The van der Waals surface area contributed by atoms with E-state index in [4.69, 9.17) is 15.4 Å². The van der Waals surface area contributed by atoms with Gasteiger partial charge in [0.1, 0.15) is 5.75 Å². The van der Waals surface area contributed by atoms with Gasteiger partial charge in [-0.15, -0.1) is 0 Å². The predicted molar refractivity (Wildman–Crippen MR) is 72.6 cm³/mol. The van der Waals surface area contributed by atoms with Crippen molar-refractivity contribution in [3.8, 4) is 5.75 Å². The number of rotatable bonds is 6. The fourth-order valence-electron chi connectivity index (χ4n) is 1.54. The highest BCUT2D eigenvalue weighted by atomic mass is 32.2. The Balaban J connectivity index is 3.28. The van der Waals surface area contributed by atoms with Crippen molar-refractivity contribution in [2.45, 2.75) is 31.0 Å². The number of primary sulfonamides is 1. The van der Waals surface area contributed by atoms with Gasteiger partial charge in [0.05, 0.1) is 23.6 Å². The molecule has 0 amide bonds. The molecule has 0 aliphatic carbocycles. The molecule has 0 aliphatic heterocycles. The first-order valence-corrected chi connectivity index (χ1v) is 7.32. The number of hydrogen-bond acceptors (Lipinski definition) is 5. The van der Waals surface area contributed by atoms with E-state index >= 15 is 0 Å². The highest BCUT2D eigenvalue weighted by molar-refractivity contribution is 7.89. The molecule has 8 nitrogen and oxygen atoms in total. The minimum absolute atomic E-state index is 0.149. The van der Waals surface area contributed by atoms with Crippen molar-refractivity contribution < 1.29 is 18.3 Å². The topological polar surface area (TPSA) is 138 Å². The summed E-state index contributed by atoms with van der Waals surface area (Å²) in [4.78, 5) is 2.39. The summed E-state index contributed by atoms with van der Waals surface area (Å²) < 4.78 is 28.1. The maximum atomic E-state index is 11.3. The van der Waals surface area contributed by atoms with Crippen molar-refractivity contribution >= 4 is 10.0 Å². The lowest BCUT2D eigenvalue weighted by molar-refractivity contribution is 0.172. The fraction of sp³-hybridized carbons (Fsp3) is 0.455. The van der Waals surface area contributed by atoms with Crippen LogP contribution >= 0.6 is 0 Å². The van der Waals surface area contributed by atoms with Crippen LogP contribution in [-0.2, 0) is 10.0 Å². The summed E-state index contributed by atoms with van der Waals surface area (Å²) in [6.45, 7) is 3.34. The van der Waals surface area contributed by atoms with Crippen molar-refractivity contribution in [2.24, 2.45) is 10.3 Å². The molecule has 0 aliphatic rings. The Morgan fingerprint density at radius 3 is 2.65 bits per heavy atom. The van der Waals surface area contributed by atoms with Crippen LogP contribution in [0.4, 0.5) is 0 Å². The van der Waals surface area contributed by atoms with Gasteiger partial charge >= 0.3 is 0 Å². The average Bonchev–Trinajstić information content (AvgIpc) is 2.34. The van der Waals surface area contributed by atoms with Gasteiger partial charge in [-0.2, -0.15) is 0 Å². The molecule has 3 N–H and O–H groups in total. The molecule has 0 spiro atoms. The fourth-order valence-corrected chi connectivity index (χ4v) is 2.09. The maximum Gasteiger partial charge on any atom is 0.238 e. The molecule has 1 unspecified atom stereocenters. The molecule has 110 valence electrons. The number of benzene rings is 1. The third kappa shape index (κ3) is 4.39. The highest BCUT2D eigenvalue weighted by Crippen LogP contribution is 2.29. The molecule has 1 aromatic rings. The summed E-state index contributed by atoms with van der Waals surface area (Å²) in [6.07, 6.45) is -1.35. The molecule has 0 aromatic heterocycles. The largest absolute Gasteiger partial charge is 0.491 e. The Bertz CT molecular complexity index is 623. The van der Waals surface area contributed by atoms with Crippen LogP contribution in [0.25, 0.3) is 10.4 Å². The first-order chi connectivity index (χ1) is 9.25. The molecule has 1 atom stereocenters. The Morgan fingerprint density at radius 1 is 1.50 bits per heavy atom. The molecular weight excluding hydrogens is 284 g/mol. The van der Waals surface area contributed by atoms with Gasteiger partial charge in [0.2, 0.25) is 10.0 Å². The number of nitrogens with two attached hydrogens (primary N) is 1. The third-order valence-electron chi connectivity index (χ3n) is 2.35. The van der Waals surface area contributed by atoms with E-state index in [0.717, 1.165) is 0 Å². The molecule has 0 saturated heterocycles. The number of aliphatic hydroxyl groups is 1. The Labute approximate surface area is 116 Å². The van der Waals surface area contributed by atoms with Crippen LogP contribution in [0.3, 0.4) is 0 Å². The van der Waals surface area contributed by atoms with Crippen LogP contribution in [0.2, 0.25) is 0 Å². The summed E-state index contributed by atoms with van der Waals surface area (Å²) in [5, 5.41) is 18.3. The van der Waals surface area contributed by atoms with E-state index in [0.29, 0.717) is 5.75 Å². The standard InChI is InChI=1S/C11H16N4O4S/c1-7(2)19-11-4-3-8(20(13,17)18)5-9(11)10(16)6-14-15-12/h3-5,7,10,16H,6H2,1-2H3,(H2,13,17,18). The summed E-state index contributed by atoms with van der Waals surface area (Å²) in [6, 6.07) is 3.91. The Morgan fingerprint density at radius 2 is 2.15 bits per heavy atom. The van der Waals surface area contributed by atoms with Gasteiger partial charge in [-0.05, 0) is 37.6 Å². The predicted octanol–water partition coefficient (Wildman–Crippen LogP) is 1.46. The van der Waals surface area contributed by atoms with Crippen LogP contribution in [0, 0.1) is 0 Å². The Hall–Kier alpha value is -1.80. The number of azide groups is 1. The molecule has 0 heterocycles. The molecule has 0 bridgehead atoms. The maximum absolute atomic E-state index is 11.3. The van der Waals surface area contributed by atoms with Crippen molar-refractivity contribution in [3.05, 3.63) is 34.2 Å². The van der Waals surface area contributed by atoms with Crippen LogP contribution in [0.15, 0.2) is 28.2 Å². The van der Waals surface area contributed by atoms with Crippen LogP contribution in [0.5, 0.6) is 5.75 Å². The van der Waals surface area contributed by atoms with E-state index in [-0.39, 0.29) is 23.1 Å². The zero-order chi connectivity index (χ0) is 15.3. The van der Waals surface area contributed by atoms with E-state index in [2.05, 4.69) is 10.0 Å². The first-order valence-electron chi connectivity index (χ1n) is 5.78. The van der Waals surface area contributed by atoms with Gasteiger partial charge < -0.3 is 9.84 Å². The van der Waals surface area contributed by atoms with Crippen molar-refractivity contribution in [3.63, 3.8) is 0 Å². The average molecular weight is 300 g/mol. The molecule has 20 heavy (non-hydrogen) atoms. The van der Waals surface area contributed by atoms with E-state index in [1.54, 1.807) is 13.8 Å². The van der Waals surface area contributed by atoms with Gasteiger partial charge in [0, 0.05) is 10.5 Å². The minimum atomic E-state index is -3.89. The summed E-state index contributed by atoms with van der Waals surface area (Å²) in [5.74, 6) is 0.313. The molecule has 1 aromatic carbocycles. The van der Waals surface area contributed by atoms with Crippen molar-refractivity contribution in [1.29, 1.82) is 0 Å². The van der Waals surface area contributed by atoms with Crippen LogP contribution in [-0.4, -0.2) is 26.2 Å². The van der Waals surface area contributed by atoms with Crippen molar-refractivity contribution in [2.75, 3.05) is 6.54 Å². The van der Waals surface area contributed by atoms with E-state index < -0.39 is 16.1 Å². The van der Waals surface area contributed by atoms with Gasteiger partial charge in [-0.25, -0.2) is 13.6 Å². The lowest BCUT2D eigenvalue weighted by Gasteiger charge is -2.18. The van der Waals surface area contributed by atoms with Gasteiger partial charge in [-0.3, -0.25) is 0 Å². The van der Waals surface area contributed by atoms with E-state index in [1.165, 1.54) is 18.2 Å². The van der Waals surface area contributed by atoms with Crippen LogP contribution in [0.1, 0.15) is 25.5 Å². The first kappa shape index (κ1) is 16.3. The Kier molecular flexibility index (Phi) is 5.34. The molecule has 0 fully saturated rings. The summed E-state index contributed by atoms with van der Waals surface area (Å²) in [7, 11) is -3.89. The lowest BCUT2D eigenvalue weighted by Crippen LogP contribution is -2.15. The van der Waals surface area contributed by atoms with Gasteiger partial charge in [-0.1, -0.05) is 5.11 Å². The van der Waals surface area contributed by atoms with Gasteiger partial charge in [0.25, 0.3) is 0 Å². The zero-order valence-electron chi connectivity index (χ0n) is 11.1. The number of nitrogens with zero attached hydrogens (tertiary/aromatic N) is 3. The highest BCUT2D eigenvalue weighted by Gasteiger charge is 2.18. The number of aliphatic hydroxyl groups excluding tert-OH is 1. The molecule has 1 rings (SSSR count). The molecule has 0 radical (unpaired) electrons. The smallest absolute Gasteiger partial charge is 0.238 e. The molecule has 9 heteroatoms. The second-order valence-electron chi connectivity index (χ2n) is 4.34. The van der Waals surface area contributed by atoms with E-state index in [1.807, 2.05) is 0 Å². The summed E-state index contributed by atoms with van der Waals surface area (Å²) >= 11 is 0. The van der Waals surface area contributed by atoms with Crippen molar-refractivity contribution in [1.82, 2.24) is 0 Å². The monoisotopic (exact) mass is 300 g/mol. The minimum Gasteiger partial charge on any atom is -0.491 e. The summed E-state index contributed by atoms with van der Waals surface area (Å²) in [5.41, 5.74) is 8.47. The number of hydrogen-bond donors (Lipinski definition) is 2. The number of sulfonamides is 1. The zero-order valence-corrected chi connectivity index (χ0v) is 11.9. The SMILES string of the molecule is CC(C)Oc1ccc(S(N)(=O)=O)cc1C(O)CN=[N+]=[N-]. The number of ether oxygens (including phenoxy) is 1. The molecular formula is C11H16N4O4S. The van der Waals surface area contributed by atoms with Crippen LogP contribution < -0.4 is 9.88 Å². The lowest BCUT2D eigenvalue weighted by atomic mass is 10.1. The third-order valence-corrected chi connectivity index (χ3v) is 3.26. The normalized spacial score (nSPS) is 12.8. The second-order valence-corrected chi connectivity index (χ2v) is 5.90. The molecule has 0 saturated carbocycles. The second kappa shape index (κ2) is 6.58.